The lowest BCUT2D eigenvalue weighted by atomic mass is 9.79. The van der Waals surface area contributed by atoms with Crippen molar-refractivity contribution in [3.8, 4) is 11.1 Å². The summed E-state index contributed by atoms with van der Waals surface area (Å²) in [5.41, 5.74) is 3.05. The van der Waals surface area contributed by atoms with Crippen molar-refractivity contribution in [1.29, 1.82) is 0 Å². The van der Waals surface area contributed by atoms with E-state index in [2.05, 4.69) is 19.9 Å². The van der Waals surface area contributed by atoms with Crippen LogP contribution in [0.4, 0.5) is 13.2 Å². The molecule has 1 aliphatic carbocycles. The lowest BCUT2D eigenvalue weighted by Gasteiger charge is -2.25. The lowest BCUT2D eigenvalue weighted by molar-refractivity contribution is 0.151. The Kier molecular flexibility index (Phi) is 6.88. The van der Waals surface area contributed by atoms with Crippen LogP contribution in [0.3, 0.4) is 0 Å². The highest BCUT2D eigenvalue weighted by atomic mass is 19.3. The smallest absolute Gasteiger partial charge is 0.263 e. The highest BCUT2D eigenvalue weighted by Crippen LogP contribution is 2.47. The minimum absolute atomic E-state index is 0.0837. The molecule has 0 bridgehead atoms. The van der Waals surface area contributed by atoms with Crippen LogP contribution in [0.2, 0.25) is 0 Å². The number of hydrogen-bond donors (Lipinski definition) is 1. The van der Waals surface area contributed by atoms with Gasteiger partial charge in [-0.25, -0.2) is 13.2 Å². The lowest BCUT2D eigenvalue weighted by Crippen LogP contribution is -2.10. The SMILES string of the molecule is CC.CC1(C)CCC=C1c1cc(CO)ccc1-c1cc(C(F)F)ccc1F. The maximum absolute atomic E-state index is 14.4. The van der Waals surface area contributed by atoms with Crippen molar-refractivity contribution in [2.75, 3.05) is 0 Å². The van der Waals surface area contributed by atoms with Crippen molar-refractivity contribution < 1.29 is 18.3 Å². The molecule has 4 heteroatoms. The zero-order valence-corrected chi connectivity index (χ0v) is 16.3. The second-order valence-corrected chi connectivity index (χ2v) is 7.12. The van der Waals surface area contributed by atoms with Gasteiger partial charge in [0.2, 0.25) is 0 Å². The van der Waals surface area contributed by atoms with Gasteiger partial charge in [-0.05, 0) is 58.7 Å². The van der Waals surface area contributed by atoms with Crippen LogP contribution in [0.5, 0.6) is 0 Å². The van der Waals surface area contributed by atoms with Crippen LogP contribution in [0, 0.1) is 11.2 Å². The zero-order valence-electron chi connectivity index (χ0n) is 16.3. The zero-order chi connectivity index (χ0) is 20.2. The van der Waals surface area contributed by atoms with Crippen molar-refractivity contribution in [3.63, 3.8) is 0 Å². The summed E-state index contributed by atoms with van der Waals surface area (Å²) < 4.78 is 40.6. The standard InChI is InChI=1S/C21H21F3O.C2H6/c1-21(2)9-3-4-18(21)16-10-13(12-25)5-7-15(16)17-11-14(20(23)24)6-8-19(17)22;1-2/h4-8,10-11,20,25H,3,9,12H2,1-2H3;1-2H3. The first-order valence-corrected chi connectivity index (χ1v) is 9.36. The first-order chi connectivity index (χ1) is 12.8. The Morgan fingerprint density at radius 3 is 2.26 bits per heavy atom. The van der Waals surface area contributed by atoms with E-state index in [0.717, 1.165) is 36.1 Å². The maximum atomic E-state index is 14.4. The van der Waals surface area contributed by atoms with Crippen LogP contribution < -0.4 is 0 Å². The number of hydrogen-bond acceptors (Lipinski definition) is 1. The van der Waals surface area contributed by atoms with Crippen LogP contribution in [-0.4, -0.2) is 5.11 Å². The van der Waals surface area contributed by atoms with E-state index in [-0.39, 0.29) is 23.1 Å². The molecule has 2 aromatic rings. The van der Waals surface area contributed by atoms with Gasteiger partial charge in [0.05, 0.1) is 6.61 Å². The second-order valence-electron chi connectivity index (χ2n) is 7.12. The predicted octanol–water partition coefficient (Wildman–Crippen LogP) is 7.15. The molecule has 0 unspecified atom stereocenters. The molecule has 27 heavy (non-hydrogen) atoms. The van der Waals surface area contributed by atoms with E-state index in [0.29, 0.717) is 11.1 Å². The summed E-state index contributed by atoms with van der Waals surface area (Å²) in [4.78, 5) is 0. The number of aliphatic hydroxyl groups excluding tert-OH is 1. The fraction of sp³-hybridized carbons (Fsp3) is 0.391. The average molecular weight is 376 g/mol. The molecule has 0 radical (unpaired) electrons. The Labute approximate surface area is 159 Å². The van der Waals surface area contributed by atoms with Gasteiger partial charge in [0, 0.05) is 11.1 Å². The summed E-state index contributed by atoms with van der Waals surface area (Å²) in [7, 11) is 0. The third-order valence-electron chi connectivity index (χ3n) is 4.94. The highest BCUT2D eigenvalue weighted by Gasteiger charge is 2.30. The number of rotatable bonds is 4. The Morgan fingerprint density at radius 2 is 1.70 bits per heavy atom. The molecule has 0 atom stereocenters. The third kappa shape index (κ3) is 4.44. The van der Waals surface area contributed by atoms with E-state index < -0.39 is 12.2 Å². The van der Waals surface area contributed by atoms with Gasteiger partial charge >= 0.3 is 0 Å². The molecule has 146 valence electrons. The van der Waals surface area contributed by atoms with E-state index in [9.17, 15) is 18.3 Å². The molecule has 0 saturated heterocycles. The summed E-state index contributed by atoms with van der Waals surface area (Å²) in [6.45, 7) is 8.11. The first-order valence-electron chi connectivity index (χ1n) is 9.36. The summed E-state index contributed by atoms with van der Waals surface area (Å²) in [5.74, 6) is -0.529. The van der Waals surface area contributed by atoms with Gasteiger partial charge in [0.25, 0.3) is 6.43 Å². The van der Waals surface area contributed by atoms with Gasteiger partial charge in [0.1, 0.15) is 5.82 Å². The Morgan fingerprint density at radius 1 is 1.00 bits per heavy atom. The molecule has 0 heterocycles. The largest absolute Gasteiger partial charge is 0.392 e. The number of halogens is 3. The number of benzene rings is 2. The van der Waals surface area contributed by atoms with E-state index >= 15 is 0 Å². The summed E-state index contributed by atoms with van der Waals surface area (Å²) in [6.07, 6.45) is 1.37. The van der Waals surface area contributed by atoms with E-state index in [1.807, 2.05) is 19.9 Å². The molecule has 0 spiro atoms. The molecule has 0 saturated carbocycles. The molecule has 1 N–H and O–H groups in total. The van der Waals surface area contributed by atoms with Crippen LogP contribution in [0.15, 0.2) is 42.5 Å². The third-order valence-corrected chi connectivity index (χ3v) is 4.94. The van der Waals surface area contributed by atoms with E-state index in [1.165, 1.54) is 6.07 Å². The Bertz CT molecular complexity index is 822. The van der Waals surface area contributed by atoms with Crippen molar-refractivity contribution in [2.45, 2.75) is 53.6 Å². The average Bonchev–Trinajstić information content (AvgIpc) is 3.02. The summed E-state index contributed by atoms with van der Waals surface area (Å²) in [5, 5.41) is 9.48. The second kappa shape index (κ2) is 8.75. The molecule has 0 fully saturated rings. The fourth-order valence-corrected chi connectivity index (χ4v) is 3.50. The summed E-state index contributed by atoms with van der Waals surface area (Å²) >= 11 is 0. The number of aliphatic hydroxyl groups is 1. The molecule has 1 aliphatic rings. The molecule has 0 aliphatic heterocycles. The number of allylic oxidation sites excluding steroid dienone is 2. The monoisotopic (exact) mass is 376 g/mol. The minimum Gasteiger partial charge on any atom is -0.392 e. The van der Waals surface area contributed by atoms with Gasteiger partial charge in [0.15, 0.2) is 0 Å². The van der Waals surface area contributed by atoms with Gasteiger partial charge in [-0.1, -0.05) is 52.0 Å². The van der Waals surface area contributed by atoms with Crippen molar-refractivity contribution in [3.05, 3.63) is 65.0 Å². The Balaban J connectivity index is 0.00000126. The number of alkyl halides is 2. The molecule has 2 aromatic carbocycles. The van der Waals surface area contributed by atoms with Crippen molar-refractivity contribution in [2.24, 2.45) is 5.41 Å². The summed E-state index contributed by atoms with van der Waals surface area (Å²) in [6, 6.07) is 8.68. The van der Waals surface area contributed by atoms with Crippen LogP contribution in [0.1, 0.15) is 63.7 Å². The maximum Gasteiger partial charge on any atom is 0.263 e. The Hall–Kier alpha value is -2.07. The molecule has 0 amide bonds. The quantitative estimate of drug-likeness (QED) is 0.600. The fourth-order valence-electron chi connectivity index (χ4n) is 3.50. The van der Waals surface area contributed by atoms with Crippen LogP contribution in [0.25, 0.3) is 16.7 Å². The van der Waals surface area contributed by atoms with Gasteiger partial charge in [-0.3, -0.25) is 0 Å². The minimum atomic E-state index is -2.65. The van der Waals surface area contributed by atoms with Crippen LogP contribution in [-0.2, 0) is 6.61 Å². The molecule has 1 nitrogen and oxygen atoms in total. The van der Waals surface area contributed by atoms with Gasteiger partial charge in [-0.15, -0.1) is 0 Å². The van der Waals surface area contributed by atoms with Crippen molar-refractivity contribution in [1.82, 2.24) is 0 Å². The normalized spacial score (nSPS) is 15.4. The van der Waals surface area contributed by atoms with E-state index in [4.69, 9.17) is 0 Å². The van der Waals surface area contributed by atoms with Gasteiger partial charge < -0.3 is 5.11 Å². The van der Waals surface area contributed by atoms with Crippen LogP contribution >= 0.6 is 0 Å². The van der Waals surface area contributed by atoms with E-state index in [1.54, 1.807) is 12.1 Å². The first kappa shape index (κ1) is 21.2. The molecular formula is C23H27F3O. The highest BCUT2D eigenvalue weighted by molar-refractivity contribution is 5.85. The van der Waals surface area contributed by atoms with Crippen molar-refractivity contribution >= 4 is 5.57 Å². The van der Waals surface area contributed by atoms with Gasteiger partial charge in [-0.2, -0.15) is 0 Å². The molecular weight excluding hydrogens is 349 g/mol. The molecule has 3 rings (SSSR count). The molecule has 0 aromatic heterocycles. The predicted molar refractivity (Wildman–Crippen MR) is 105 cm³/mol. The topological polar surface area (TPSA) is 20.2 Å².